The van der Waals surface area contributed by atoms with Gasteiger partial charge >= 0.3 is 0 Å². The molecule has 0 radical (unpaired) electrons. The van der Waals surface area contributed by atoms with Crippen LogP contribution in [0.4, 0.5) is 0 Å². The van der Waals surface area contributed by atoms with Crippen molar-refractivity contribution in [2.45, 2.75) is 44.6 Å². The van der Waals surface area contributed by atoms with Gasteiger partial charge in [0.2, 0.25) is 10.0 Å². The first-order chi connectivity index (χ1) is 11.9. The van der Waals surface area contributed by atoms with Gasteiger partial charge in [0, 0.05) is 24.8 Å². The van der Waals surface area contributed by atoms with Crippen molar-refractivity contribution in [1.82, 2.24) is 14.1 Å². The average Bonchev–Trinajstić information content (AvgIpc) is 3.12. The van der Waals surface area contributed by atoms with E-state index in [0.717, 1.165) is 29.5 Å². The summed E-state index contributed by atoms with van der Waals surface area (Å²) >= 11 is 0. The third kappa shape index (κ3) is 3.78. The van der Waals surface area contributed by atoms with Crippen molar-refractivity contribution in [1.29, 1.82) is 0 Å². The van der Waals surface area contributed by atoms with Gasteiger partial charge in [-0.05, 0) is 37.8 Å². The number of hydrogen-bond donors (Lipinski definition) is 1. The molecule has 0 atom stereocenters. The van der Waals surface area contributed by atoms with E-state index in [1.165, 1.54) is 0 Å². The maximum Gasteiger partial charge on any atom is 0.216 e. The standard InChI is InChI=1S/C18H25N3O3S/c1-14(2)25(23,24)20-9-7-18(8-10-20)21-12-17(11-19-21)16-5-3-15(13-22)4-6-16/h3-6,11-12,14,18,22H,7-10,13H2,1-2H3. The van der Waals surface area contributed by atoms with Gasteiger partial charge in [0.25, 0.3) is 0 Å². The lowest BCUT2D eigenvalue weighted by Gasteiger charge is -2.32. The number of hydrogen-bond acceptors (Lipinski definition) is 4. The van der Waals surface area contributed by atoms with E-state index < -0.39 is 10.0 Å². The molecule has 7 heteroatoms. The lowest BCUT2D eigenvalue weighted by molar-refractivity contribution is 0.260. The first kappa shape index (κ1) is 18.1. The van der Waals surface area contributed by atoms with Crippen molar-refractivity contribution in [3.8, 4) is 11.1 Å². The first-order valence-corrected chi connectivity index (χ1v) is 10.2. The highest BCUT2D eigenvalue weighted by Crippen LogP contribution is 2.27. The molecule has 136 valence electrons. The van der Waals surface area contributed by atoms with Gasteiger partial charge in [-0.3, -0.25) is 4.68 Å². The molecule has 25 heavy (non-hydrogen) atoms. The molecule has 3 rings (SSSR count). The Bertz CT molecular complexity index is 804. The van der Waals surface area contributed by atoms with Crippen molar-refractivity contribution in [3.05, 3.63) is 42.2 Å². The summed E-state index contributed by atoms with van der Waals surface area (Å²) in [6.07, 6.45) is 5.41. The number of nitrogens with zero attached hydrogens (tertiary/aromatic N) is 3. The summed E-state index contributed by atoms with van der Waals surface area (Å²) < 4.78 is 28.1. The predicted octanol–water partition coefficient (Wildman–Crippen LogP) is 2.42. The van der Waals surface area contributed by atoms with E-state index in [9.17, 15) is 8.42 Å². The number of benzene rings is 1. The van der Waals surface area contributed by atoms with E-state index >= 15 is 0 Å². The number of aliphatic hydroxyl groups excluding tert-OH is 1. The van der Waals surface area contributed by atoms with Crippen molar-refractivity contribution in [3.63, 3.8) is 0 Å². The monoisotopic (exact) mass is 363 g/mol. The molecule has 0 unspecified atom stereocenters. The van der Waals surface area contributed by atoms with Gasteiger partial charge in [-0.1, -0.05) is 24.3 Å². The molecule has 1 aromatic carbocycles. The highest BCUT2D eigenvalue weighted by molar-refractivity contribution is 7.89. The van der Waals surface area contributed by atoms with Crippen LogP contribution < -0.4 is 0 Å². The summed E-state index contributed by atoms with van der Waals surface area (Å²) in [7, 11) is -3.17. The molecule has 1 fully saturated rings. The number of aromatic nitrogens is 2. The molecule has 0 aliphatic carbocycles. The highest BCUT2D eigenvalue weighted by atomic mass is 32.2. The molecule has 0 spiro atoms. The highest BCUT2D eigenvalue weighted by Gasteiger charge is 2.30. The van der Waals surface area contributed by atoms with Crippen LogP contribution in [0.25, 0.3) is 11.1 Å². The third-order valence-electron chi connectivity index (χ3n) is 4.82. The maximum absolute atomic E-state index is 12.3. The second-order valence-electron chi connectivity index (χ2n) is 6.79. The van der Waals surface area contributed by atoms with E-state index in [-0.39, 0.29) is 17.9 Å². The second-order valence-corrected chi connectivity index (χ2v) is 9.28. The van der Waals surface area contributed by atoms with Crippen LogP contribution in [0.3, 0.4) is 0 Å². The van der Waals surface area contributed by atoms with Crippen molar-refractivity contribution < 1.29 is 13.5 Å². The van der Waals surface area contributed by atoms with Crippen LogP contribution in [0.5, 0.6) is 0 Å². The topological polar surface area (TPSA) is 75.4 Å². The molecular formula is C18H25N3O3S. The lowest BCUT2D eigenvalue weighted by atomic mass is 10.1. The van der Waals surface area contributed by atoms with E-state index in [0.29, 0.717) is 13.1 Å². The normalized spacial score (nSPS) is 17.3. The molecule has 0 amide bonds. The fraction of sp³-hybridized carbons (Fsp3) is 0.500. The van der Waals surface area contributed by atoms with Crippen molar-refractivity contribution in [2.24, 2.45) is 0 Å². The van der Waals surface area contributed by atoms with Crippen LogP contribution in [0.1, 0.15) is 38.3 Å². The first-order valence-electron chi connectivity index (χ1n) is 8.65. The summed E-state index contributed by atoms with van der Waals surface area (Å²) in [6, 6.07) is 7.99. The zero-order valence-corrected chi connectivity index (χ0v) is 15.5. The van der Waals surface area contributed by atoms with E-state index in [1.807, 2.05) is 41.3 Å². The zero-order chi connectivity index (χ0) is 18.0. The van der Waals surface area contributed by atoms with Crippen LogP contribution in [0, 0.1) is 0 Å². The Morgan fingerprint density at radius 2 is 1.80 bits per heavy atom. The number of aliphatic hydroxyl groups is 1. The number of sulfonamides is 1. The SMILES string of the molecule is CC(C)S(=O)(=O)N1CCC(n2cc(-c3ccc(CO)cc3)cn2)CC1. The maximum atomic E-state index is 12.3. The summed E-state index contributed by atoms with van der Waals surface area (Å²) in [5, 5.41) is 13.2. The van der Waals surface area contributed by atoms with Gasteiger partial charge in [0.1, 0.15) is 0 Å². The van der Waals surface area contributed by atoms with Crippen molar-refractivity contribution in [2.75, 3.05) is 13.1 Å². The van der Waals surface area contributed by atoms with E-state index in [4.69, 9.17) is 5.11 Å². The van der Waals surface area contributed by atoms with Gasteiger partial charge < -0.3 is 5.11 Å². The smallest absolute Gasteiger partial charge is 0.216 e. The van der Waals surface area contributed by atoms with Gasteiger partial charge in [-0.2, -0.15) is 5.10 Å². The molecule has 2 aromatic rings. The van der Waals surface area contributed by atoms with Crippen LogP contribution in [-0.2, 0) is 16.6 Å². The molecule has 1 saturated heterocycles. The van der Waals surface area contributed by atoms with Gasteiger partial charge in [0.05, 0.1) is 24.1 Å². The molecule has 1 aliphatic heterocycles. The second kappa shape index (κ2) is 7.27. The number of rotatable bonds is 5. The minimum atomic E-state index is -3.17. The molecule has 2 heterocycles. The molecule has 0 bridgehead atoms. The average molecular weight is 363 g/mol. The van der Waals surface area contributed by atoms with E-state index in [2.05, 4.69) is 5.10 Å². The minimum Gasteiger partial charge on any atom is -0.392 e. The van der Waals surface area contributed by atoms with Crippen LogP contribution in [0.2, 0.25) is 0 Å². The Morgan fingerprint density at radius 1 is 1.16 bits per heavy atom. The molecule has 6 nitrogen and oxygen atoms in total. The predicted molar refractivity (Wildman–Crippen MR) is 97.5 cm³/mol. The Labute approximate surface area is 149 Å². The molecule has 1 aliphatic rings. The summed E-state index contributed by atoms with van der Waals surface area (Å²) in [5.41, 5.74) is 2.97. The largest absolute Gasteiger partial charge is 0.392 e. The van der Waals surface area contributed by atoms with Crippen LogP contribution in [-0.4, -0.2) is 45.9 Å². The minimum absolute atomic E-state index is 0.0391. The van der Waals surface area contributed by atoms with Gasteiger partial charge in [-0.15, -0.1) is 0 Å². The summed E-state index contributed by atoms with van der Waals surface area (Å²) in [4.78, 5) is 0. The Balaban J connectivity index is 1.67. The summed E-state index contributed by atoms with van der Waals surface area (Å²) in [6.45, 7) is 4.58. The fourth-order valence-electron chi connectivity index (χ4n) is 3.15. The van der Waals surface area contributed by atoms with Crippen LogP contribution in [0.15, 0.2) is 36.7 Å². The quantitative estimate of drug-likeness (QED) is 0.885. The Hall–Kier alpha value is -1.70. The molecule has 1 N–H and O–H groups in total. The molecule has 1 aromatic heterocycles. The third-order valence-corrected chi connectivity index (χ3v) is 7.10. The molecular weight excluding hydrogens is 338 g/mol. The lowest BCUT2D eigenvalue weighted by Crippen LogP contribution is -2.42. The number of piperidine rings is 1. The molecule has 0 saturated carbocycles. The Kier molecular flexibility index (Phi) is 5.27. The van der Waals surface area contributed by atoms with Gasteiger partial charge in [0.15, 0.2) is 0 Å². The van der Waals surface area contributed by atoms with Gasteiger partial charge in [-0.25, -0.2) is 12.7 Å². The van der Waals surface area contributed by atoms with E-state index in [1.54, 1.807) is 18.2 Å². The fourth-order valence-corrected chi connectivity index (χ4v) is 4.46. The summed E-state index contributed by atoms with van der Waals surface area (Å²) in [5.74, 6) is 0. The van der Waals surface area contributed by atoms with Crippen molar-refractivity contribution >= 4 is 10.0 Å². The zero-order valence-electron chi connectivity index (χ0n) is 14.7. The van der Waals surface area contributed by atoms with Crippen LogP contribution >= 0.6 is 0 Å². The Morgan fingerprint density at radius 3 is 2.36 bits per heavy atom.